The highest BCUT2D eigenvalue weighted by Gasteiger charge is 2.33. The Morgan fingerprint density at radius 3 is 2.64 bits per heavy atom. The van der Waals surface area contributed by atoms with Crippen molar-refractivity contribution in [3.05, 3.63) is 47.9 Å². The molecule has 1 fully saturated rings. The Hall–Kier alpha value is -2.61. The van der Waals surface area contributed by atoms with E-state index in [4.69, 9.17) is 4.42 Å². The minimum Gasteiger partial charge on any atom is -0.451 e. The number of rotatable bonds is 3. The quantitative estimate of drug-likeness (QED) is 0.724. The van der Waals surface area contributed by atoms with Crippen molar-refractivity contribution in [1.82, 2.24) is 9.78 Å². The molecule has 1 N–H and O–H groups in total. The van der Waals surface area contributed by atoms with Gasteiger partial charge in [0, 0.05) is 16.9 Å². The Morgan fingerprint density at radius 2 is 2.00 bits per heavy atom. The van der Waals surface area contributed by atoms with Gasteiger partial charge in [-0.25, -0.2) is 13.1 Å². The number of hydrogen-bond acceptors (Lipinski definition) is 5. The average molecular weight is 401 g/mol. The SMILES string of the molecule is CC(C)(C)c1cc(NC(=O)c2cc3ccccc3o2)n([C@H]2CCS(=O)(=O)C2)n1. The van der Waals surface area contributed by atoms with Crippen molar-refractivity contribution >= 4 is 32.5 Å². The largest absolute Gasteiger partial charge is 0.451 e. The van der Waals surface area contributed by atoms with Gasteiger partial charge in [0.05, 0.1) is 23.2 Å². The maximum atomic E-state index is 12.8. The molecule has 148 valence electrons. The molecule has 8 heteroatoms. The van der Waals surface area contributed by atoms with Gasteiger partial charge in [0.2, 0.25) is 0 Å². The molecule has 4 rings (SSSR count). The summed E-state index contributed by atoms with van der Waals surface area (Å²) in [7, 11) is -3.08. The first kappa shape index (κ1) is 18.7. The number of benzene rings is 1. The number of anilines is 1. The second-order valence-corrected chi connectivity index (χ2v) is 10.5. The number of sulfone groups is 1. The zero-order valence-corrected chi connectivity index (χ0v) is 16.9. The van der Waals surface area contributed by atoms with Crippen LogP contribution in [-0.2, 0) is 15.3 Å². The number of aromatic nitrogens is 2. The second kappa shape index (κ2) is 6.48. The van der Waals surface area contributed by atoms with Crippen LogP contribution in [0.4, 0.5) is 5.82 Å². The van der Waals surface area contributed by atoms with E-state index in [9.17, 15) is 13.2 Å². The molecule has 2 aromatic heterocycles. The third-order valence-corrected chi connectivity index (χ3v) is 6.70. The van der Waals surface area contributed by atoms with Gasteiger partial charge in [0.15, 0.2) is 15.6 Å². The highest BCUT2D eigenvalue weighted by atomic mass is 32.2. The van der Waals surface area contributed by atoms with Gasteiger partial charge in [-0.3, -0.25) is 4.79 Å². The zero-order valence-electron chi connectivity index (χ0n) is 16.1. The van der Waals surface area contributed by atoms with Crippen molar-refractivity contribution in [2.24, 2.45) is 0 Å². The van der Waals surface area contributed by atoms with E-state index < -0.39 is 15.7 Å². The van der Waals surface area contributed by atoms with Gasteiger partial charge < -0.3 is 9.73 Å². The van der Waals surface area contributed by atoms with Crippen molar-refractivity contribution in [2.45, 2.75) is 38.6 Å². The number of carbonyl (C=O) groups excluding carboxylic acids is 1. The third-order valence-electron chi connectivity index (χ3n) is 4.95. The van der Waals surface area contributed by atoms with E-state index in [0.29, 0.717) is 17.8 Å². The predicted octanol–water partition coefficient (Wildman–Crippen LogP) is 3.54. The lowest BCUT2D eigenvalue weighted by Gasteiger charge is -2.15. The van der Waals surface area contributed by atoms with E-state index in [0.717, 1.165) is 11.1 Å². The molecule has 0 spiro atoms. The molecule has 0 aliphatic carbocycles. The van der Waals surface area contributed by atoms with Gasteiger partial charge in [-0.05, 0) is 18.6 Å². The topological polar surface area (TPSA) is 94.2 Å². The number of hydrogen-bond donors (Lipinski definition) is 1. The Kier molecular flexibility index (Phi) is 4.33. The van der Waals surface area contributed by atoms with Crippen molar-refractivity contribution in [3.8, 4) is 0 Å². The van der Waals surface area contributed by atoms with Crippen LogP contribution in [0.25, 0.3) is 11.0 Å². The second-order valence-electron chi connectivity index (χ2n) is 8.27. The van der Waals surface area contributed by atoms with Crippen molar-refractivity contribution < 1.29 is 17.6 Å². The van der Waals surface area contributed by atoms with Crippen LogP contribution in [0.5, 0.6) is 0 Å². The standard InChI is InChI=1S/C20H23N3O4S/c1-20(2,3)17-11-18(23(22-17)14-8-9-28(25,26)12-14)21-19(24)16-10-13-6-4-5-7-15(13)27-16/h4-7,10-11,14H,8-9,12H2,1-3H3,(H,21,24)/t14-/m0/s1. The lowest BCUT2D eigenvalue weighted by molar-refractivity contribution is 0.0997. The summed E-state index contributed by atoms with van der Waals surface area (Å²) in [6.45, 7) is 6.07. The van der Waals surface area contributed by atoms with Crippen LogP contribution < -0.4 is 5.32 Å². The molecule has 0 bridgehead atoms. The first-order valence-electron chi connectivity index (χ1n) is 9.23. The van der Waals surface area contributed by atoms with E-state index in [1.54, 1.807) is 16.8 Å². The number of para-hydroxylation sites is 1. The molecular weight excluding hydrogens is 378 g/mol. The molecule has 1 aromatic carbocycles. The summed E-state index contributed by atoms with van der Waals surface area (Å²) in [5.74, 6) is 0.465. The van der Waals surface area contributed by atoms with Gasteiger partial charge in [-0.15, -0.1) is 0 Å². The smallest absolute Gasteiger partial charge is 0.292 e. The monoisotopic (exact) mass is 401 g/mol. The van der Waals surface area contributed by atoms with Crippen LogP contribution in [0.15, 0.2) is 40.8 Å². The van der Waals surface area contributed by atoms with E-state index in [-0.39, 0.29) is 28.7 Å². The highest BCUT2D eigenvalue weighted by molar-refractivity contribution is 7.91. The third kappa shape index (κ3) is 3.56. The van der Waals surface area contributed by atoms with Gasteiger partial charge in [0.1, 0.15) is 11.4 Å². The lowest BCUT2D eigenvalue weighted by Crippen LogP contribution is -2.20. The molecule has 7 nitrogen and oxygen atoms in total. The Morgan fingerprint density at radius 1 is 1.25 bits per heavy atom. The number of furan rings is 1. The van der Waals surface area contributed by atoms with Gasteiger partial charge in [-0.2, -0.15) is 5.10 Å². The molecule has 1 aliphatic rings. The maximum absolute atomic E-state index is 12.8. The fraction of sp³-hybridized carbons (Fsp3) is 0.400. The number of nitrogens with one attached hydrogen (secondary N) is 1. The summed E-state index contributed by atoms with van der Waals surface area (Å²) in [5.41, 5.74) is 1.19. The van der Waals surface area contributed by atoms with Crippen LogP contribution >= 0.6 is 0 Å². The zero-order chi connectivity index (χ0) is 20.1. The fourth-order valence-corrected chi connectivity index (χ4v) is 5.06. The van der Waals surface area contributed by atoms with E-state index in [1.165, 1.54) is 0 Å². The fourth-order valence-electron chi connectivity index (χ4n) is 3.37. The molecule has 1 aliphatic heterocycles. The minimum absolute atomic E-state index is 0.0335. The first-order chi connectivity index (χ1) is 13.1. The minimum atomic E-state index is -3.08. The maximum Gasteiger partial charge on any atom is 0.292 e. The van der Waals surface area contributed by atoms with Crippen LogP contribution in [0.1, 0.15) is 49.5 Å². The van der Waals surface area contributed by atoms with Crippen molar-refractivity contribution in [2.75, 3.05) is 16.8 Å². The molecule has 0 saturated carbocycles. The van der Waals surface area contributed by atoms with E-state index in [2.05, 4.69) is 10.4 Å². The van der Waals surface area contributed by atoms with Crippen LogP contribution in [0.2, 0.25) is 0 Å². The summed E-state index contributed by atoms with van der Waals surface area (Å²) in [6, 6.07) is 10.6. The molecule has 1 amide bonds. The molecule has 28 heavy (non-hydrogen) atoms. The number of fused-ring (bicyclic) bond motifs is 1. The lowest BCUT2D eigenvalue weighted by atomic mass is 9.92. The number of nitrogens with zero attached hydrogens (tertiary/aromatic N) is 2. The Labute approximate surface area is 163 Å². The van der Waals surface area contributed by atoms with Gasteiger partial charge >= 0.3 is 0 Å². The molecule has 1 saturated heterocycles. The molecule has 3 aromatic rings. The summed E-state index contributed by atoms with van der Waals surface area (Å²) in [4.78, 5) is 12.8. The Balaban J connectivity index is 1.67. The molecule has 0 radical (unpaired) electrons. The van der Waals surface area contributed by atoms with Crippen molar-refractivity contribution in [1.29, 1.82) is 0 Å². The van der Waals surface area contributed by atoms with E-state index in [1.807, 2.05) is 45.0 Å². The van der Waals surface area contributed by atoms with Gasteiger partial charge in [0.25, 0.3) is 5.91 Å². The van der Waals surface area contributed by atoms with Crippen LogP contribution in [-0.4, -0.2) is 35.6 Å². The molecular formula is C20H23N3O4S. The van der Waals surface area contributed by atoms with Gasteiger partial charge in [-0.1, -0.05) is 39.0 Å². The first-order valence-corrected chi connectivity index (χ1v) is 11.0. The molecule has 0 unspecified atom stereocenters. The van der Waals surface area contributed by atoms with Crippen molar-refractivity contribution in [3.63, 3.8) is 0 Å². The summed E-state index contributed by atoms with van der Waals surface area (Å²) in [6.07, 6.45) is 0.487. The number of carbonyl (C=O) groups is 1. The highest BCUT2D eigenvalue weighted by Crippen LogP contribution is 2.31. The molecule has 1 atom stereocenters. The average Bonchev–Trinajstić information content (AvgIpc) is 3.30. The van der Waals surface area contributed by atoms with E-state index >= 15 is 0 Å². The normalized spacial score (nSPS) is 19.2. The predicted molar refractivity (Wildman–Crippen MR) is 107 cm³/mol. The number of amides is 1. The summed E-state index contributed by atoms with van der Waals surface area (Å²) < 4.78 is 31.1. The Bertz CT molecular complexity index is 1120. The summed E-state index contributed by atoms with van der Waals surface area (Å²) in [5, 5.41) is 8.33. The molecule has 3 heterocycles. The summed E-state index contributed by atoms with van der Waals surface area (Å²) >= 11 is 0. The van der Waals surface area contributed by atoms with Crippen LogP contribution in [0.3, 0.4) is 0 Å². The van der Waals surface area contributed by atoms with Crippen LogP contribution in [0, 0.1) is 0 Å².